The predicted octanol–water partition coefficient (Wildman–Crippen LogP) is 4.17. The van der Waals surface area contributed by atoms with Gasteiger partial charge in [0, 0.05) is 5.69 Å². The average Bonchev–Trinajstić information content (AvgIpc) is 2.69. The Balaban J connectivity index is 0.000000201. The van der Waals surface area contributed by atoms with Crippen LogP contribution in [0.3, 0.4) is 0 Å². The molecule has 138 valence electrons. The van der Waals surface area contributed by atoms with Crippen molar-refractivity contribution in [1.29, 1.82) is 0 Å². The average molecular weight is 356 g/mol. The molecule has 0 aromatic heterocycles. The van der Waals surface area contributed by atoms with Gasteiger partial charge in [0.2, 0.25) is 0 Å². The van der Waals surface area contributed by atoms with Crippen molar-refractivity contribution >= 4 is 11.7 Å². The van der Waals surface area contributed by atoms with Gasteiger partial charge in [-0.25, -0.2) is 9.18 Å². The summed E-state index contributed by atoms with van der Waals surface area (Å²) in [5.74, 6) is -0.391. The number of carboxylic acid groups (broad SMARTS) is 1. The molecule has 0 radical (unpaired) electrons. The lowest BCUT2D eigenvalue weighted by Gasteiger charge is -2.38. The summed E-state index contributed by atoms with van der Waals surface area (Å²) < 4.78 is 13.1. The fourth-order valence-electron chi connectivity index (χ4n) is 3.54. The van der Waals surface area contributed by atoms with E-state index < -0.39 is 17.8 Å². The van der Waals surface area contributed by atoms with Crippen LogP contribution in [-0.4, -0.2) is 35.6 Å². The zero-order valence-electron chi connectivity index (χ0n) is 14.8. The van der Waals surface area contributed by atoms with Gasteiger partial charge in [0.1, 0.15) is 5.82 Å². The van der Waals surface area contributed by atoms with Crippen LogP contribution in [0.5, 0.6) is 0 Å². The third kappa shape index (κ3) is 5.05. The molecule has 0 amide bonds. The van der Waals surface area contributed by atoms with Gasteiger partial charge in [-0.15, -0.1) is 0 Å². The van der Waals surface area contributed by atoms with Crippen molar-refractivity contribution in [3.63, 3.8) is 0 Å². The number of anilines is 1. The van der Waals surface area contributed by atoms with Gasteiger partial charge in [-0.2, -0.15) is 0 Å². The summed E-state index contributed by atoms with van der Waals surface area (Å²) in [5.41, 5.74) is 1.06. The lowest BCUT2D eigenvalue weighted by atomic mass is 9.89. The molecule has 0 aliphatic carbocycles. The molecule has 5 rings (SSSR count). The second-order valence-electron chi connectivity index (χ2n) is 6.91. The Morgan fingerprint density at radius 2 is 1.69 bits per heavy atom. The number of hydrogen-bond donors (Lipinski definition) is 2. The van der Waals surface area contributed by atoms with Crippen LogP contribution in [0.1, 0.15) is 30.9 Å². The molecule has 0 spiro atoms. The number of benzene rings is 2. The highest BCUT2D eigenvalue weighted by atomic mass is 19.1. The maximum atomic E-state index is 13.1. The Bertz CT molecular complexity index is 692. The second kappa shape index (κ2) is 8.81. The zero-order valence-corrected chi connectivity index (χ0v) is 14.8. The number of fused-ring (bicyclic) bond motifs is 3. The van der Waals surface area contributed by atoms with Crippen molar-refractivity contribution in [2.75, 3.05) is 25.0 Å². The standard InChI is InChI=1S/C14H12FNO2.C7H13N/c15-11-6-4-5-10(9-11)13(14(17)18)16-12-7-2-1-3-8-12;1-4-8-5-2-7(1)3-6-8/h1-9,13,16H,(H,17,18);7H,1-6H2. The number of rotatable bonds is 4. The number of para-hydroxylation sites is 1. The molecule has 1 atom stereocenters. The molecule has 0 saturated carbocycles. The highest BCUT2D eigenvalue weighted by Crippen LogP contribution is 2.26. The fourth-order valence-corrected chi connectivity index (χ4v) is 3.54. The van der Waals surface area contributed by atoms with Crippen molar-refractivity contribution in [3.8, 4) is 0 Å². The van der Waals surface area contributed by atoms with Crippen molar-refractivity contribution in [2.45, 2.75) is 25.3 Å². The van der Waals surface area contributed by atoms with Gasteiger partial charge < -0.3 is 15.3 Å². The summed E-state index contributed by atoms with van der Waals surface area (Å²) in [4.78, 5) is 13.8. The molecular weight excluding hydrogens is 331 g/mol. The second-order valence-corrected chi connectivity index (χ2v) is 6.91. The molecule has 2 bridgehead atoms. The number of nitrogens with zero attached hydrogens (tertiary/aromatic N) is 1. The number of piperidine rings is 3. The minimum atomic E-state index is -1.05. The minimum absolute atomic E-state index is 0.381. The van der Waals surface area contributed by atoms with E-state index in [0.717, 1.165) is 5.92 Å². The molecule has 3 aliphatic rings. The van der Waals surface area contributed by atoms with E-state index in [9.17, 15) is 14.3 Å². The van der Waals surface area contributed by atoms with E-state index in [0.29, 0.717) is 11.3 Å². The molecular formula is C21H25FN2O2. The first-order chi connectivity index (χ1) is 12.6. The van der Waals surface area contributed by atoms with Crippen molar-refractivity contribution in [1.82, 2.24) is 4.90 Å². The van der Waals surface area contributed by atoms with Gasteiger partial charge in [-0.3, -0.25) is 0 Å². The van der Waals surface area contributed by atoms with Crippen LogP contribution in [-0.2, 0) is 4.79 Å². The molecule has 2 aromatic carbocycles. The Morgan fingerprint density at radius 3 is 2.15 bits per heavy atom. The molecule has 26 heavy (non-hydrogen) atoms. The van der Waals surface area contributed by atoms with Gasteiger partial charge in [0.25, 0.3) is 0 Å². The van der Waals surface area contributed by atoms with Crippen LogP contribution in [0.2, 0.25) is 0 Å². The number of carboxylic acids is 1. The number of hydrogen-bond acceptors (Lipinski definition) is 3. The summed E-state index contributed by atoms with van der Waals surface area (Å²) >= 11 is 0. The predicted molar refractivity (Wildman–Crippen MR) is 101 cm³/mol. The van der Waals surface area contributed by atoms with E-state index >= 15 is 0 Å². The summed E-state index contributed by atoms with van der Waals surface area (Å²) in [6.07, 6.45) is 4.46. The topological polar surface area (TPSA) is 52.6 Å². The van der Waals surface area contributed by atoms with Gasteiger partial charge in [0.05, 0.1) is 0 Å². The third-order valence-corrected chi connectivity index (χ3v) is 5.07. The van der Waals surface area contributed by atoms with Crippen LogP contribution >= 0.6 is 0 Å². The highest BCUT2D eigenvalue weighted by Gasteiger charge is 2.24. The largest absolute Gasteiger partial charge is 0.479 e. The van der Waals surface area contributed by atoms with Gasteiger partial charge in [-0.1, -0.05) is 30.3 Å². The Hall–Kier alpha value is -2.40. The molecule has 3 fully saturated rings. The van der Waals surface area contributed by atoms with E-state index in [1.165, 1.54) is 57.1 Å². The monoisotopic (exact) mass is 356 g/mol. The van der Waals surface area contributed by atoms with Crippen LogP contribution < -0.4 is 5.32 Å². The fraction of sp³-hybridized carbons (Fsp3) is 0.381. The molecule has 3 heterocycles. The summed E-state index contributed by atoms with van der Waals surface area (Å²) in [6, 6.07) is 13.6. The Labute approximate surface area is 153 Å². The Morgan fingerprint density at radius 1 is 1.04 bits per heavy atom. The quantitative estimate of drug-likeness (QED) is 0.863. The highest BCUT2D eigenvalue weighted by molar-refractivity contribution is 5.79. The van der Waals surface area contributed by atoms with Crippen molar-refractivity contribution in [2.24, 2.45) is 5.92 Å². The summed E-state index contributed by atoms with van der Waals surface area (Å²) in [7, 11) is 0. The van der Waals surface area contributed by atoms with Crippen LogP contribution in [0.4, 0.5) is 10.1 Å². The van der Waals surface area contributed by atoms with Gasteiger partial charge in [-0.05, 0) is 74.6 Å². The molecule has 4 nitrogen and oxygen atoms in total. The van der Waals surface area contributed by atoms with Crippen molar-refractivity contribution in [3.05, 3.63) is 66.0 Å². The zero-order chi connectivity index (χ0) is 18.4. The minimum Gasteiger partial charge on any atom is -0.479 e. The first kappa shape index (κ1) is 18.4. The summed E-state index contributed by atoms with van der Waals surface area (Å²) in [5, 5.41) is 12.0. The van der Waals surface area contributed by atoms with E-state index in [1.807, 2.05) is 6.07 Å². The summed E-state index contributed by atoms with van der Waals surface area (Å²) in [6.45, 7) is 4.18. The molecule has 2 N–H and O–H groups in total. The van der Waals surface area contributed by atoms with Gasteiger partial charge >= 0.3 is 5.97 Å². The molecule has 2 aromatic rings. The SMILES string of the molecule is C1CN2CCC1CC2.O=C(O)C(Nc1ccccc1)c1cccc(F)c1. The number of nitrogens with one attached hydrogen (secondary N) is 1. The maximum absolute atomic E-state index is 13.1. The van der Waals surface area contributed by atoms with Crippen molar-refractivity contribution < 1.29 is 14.3 Å². The smallest absolute Gasteiger partial charge is 0.330 e. The van der Waals surface area contributed by atoms with Crippen LogP contribution in [0.25, 0.3) is 0 Å². The number of aliphatic carboxylic acids is 1. The van der Waals surface area contributed by atoms with E-state index in [-0.39, 0.29) is 0 Å². The number of carbonyl (C=O) groups is 1. The lowest BCUT2D eigenvalue weighted by Crippen LogP contribution is -2.41. The number of halogens is 1. The lowest BCUT2D eigenvalue weighted by molar-refractivity contribution is -0.138. The third-order valence-electron chi connectivity index (χ3n) is 5.07. The van der Waals surface area contributed by atoms with E-state index in [2.05, 4.69) is 10.2 Å². The van der Waals surface area contributed by atoms with E-state index in [4.69, 9.17) is 0 Å². The molecule has 1 unspecified atom stereocenters. The van der Waals surface area contributed by atoms with Crippen LogP contribution in [0, 0.1) is 11.7 Å². The van der Waals surface area contributed by atoms with Crippen LogP contribution in [0.15, 0.2) is 54.6 Å². The first-order valence-electron chi connectivity index (χ1n) is 9.14. The maximum Gasteiger partial charge on any atom is 0.330 e. The molecule has 5 heteroatoms. The van der Waals surface area contributed by atoms with E-state index in [1.54, 1.807) is 30.3 Å². The molecule has 3 aliphatic heterocycles. The Kier molecular flexibility index (Phi) is 6.23. The van der Waals surface area contributed by atoms with Gasteiger partial charge in [0.15, 0.2) is 6.04 Å². The molecule has 3 saturated heterocycles. The first-order valence-corrected chi connectivity index (χ1v) is 9.14. The normalized spacial score (nSPS) is 22.0.